The monoisotopic (exact) mass is 381 g/mol. The highest BCUT2D eigenvalue weighted by atomic mass is 35.5. The zero-order valence-corrected chi connectivity index (χ0v) is 15.2. The third-order valence-corrected chi connectivity index (χ3v) is 4.82. The molecular weight excluding hydrogens is 366 g/mol. The highest BCUT2D eigenvalue weighted by molar-refractivity contribution is 6.30. The number of halogens is 1. The van der Waals surface area contributed by atoms with Gasteiger partial charge in [-0.15, -0.1) is 0 Å². The van der Waals surface area contributed by atoms with E-state index >= 15 is 0 Å². The van der Waals surface area contributed by atoms with Gasteiger partial charge in [0.1, 0.15) is 12.1 Å². The second-order valence-electron chi connectivity index (χ2n) is 6.44. The van der Waals surface area contributed by atoms with Gasteiger partial charge in [-0.25, -0.2) is 9.78 Å². The van der Waals surface area contributed by atoms with Crippen LogP contribution in [0.4, 0.5) is 4.79 Å². The number of nitrogens with one attached hydrogen (secondary N) is 1. The Morgan fingerprint density at radius 3 is 2.67 bits per heavy atom. The SMILES string of the molecule is CC1(c2cccc(Cl)c2)NC(=O)N(Cc2ncc(-c3ccccc3)o2)C1=O. The Labute approximate surface area is 160 Å². The molecule has 2 heterocycles. The average molecular weight is 382 g/mol. The number of rotatable bonds is 4. The first kappa shape index (κ1) is 17.3. The number of hydrogen-bond donors (Lipinski definition) is 1. The lowest BCUT2D eigenvalue weighted by molar-refractivity contribution is -0.131. The molecule has 3 aromatic rings. The van der Waals surface area contributed by atoms with Crippen molar-refractivity contribution in [2.24, 2.45) is 0 Å². The molecule has 1 aliphatic heterocycles. The summed E-state index contributed by atoms with van der Waals surface area (Å²) in [5.74, 6) is 0.484. The third kappa shape index (κ3) is 3.08. The summed E-state index contributed by atoms with van der Waals surface area (Å²) in [6, 6.07) is 15.9. The zero-order chi connectivity index (χ0) is 19.0. The molecule has 1 aromatic heterocycles. The Morgan fingerprint density at radius 2 is 1.93 bits per heavy atom. The second kappa shape index (κ2) is 6.55. The van der Waals surface area contributed by atoms with E-state index in [1.54, 1.807) is 37.4 Å². The van der Waals surface area contributed by atoms with Crippen LogP contribution in [0.2, 0.25) is 5.02 Å². The van der Waals surface area contributed by atoms with Crippen LogP contribution in [-0.4, -0.2) is 21.8 Å². The lowest BCUT2D eigenvalue weighted by Crippen LogP contribution is -2.40. The minimum atomic E-state index is -1.18. The number of carbonyl (C=O) groups is 2. The van der Waals surface area contributed by atoms with Crippen molar-refractivity contribution in [3.05, 3.63) is 77.3 Å². The van der Waals surface area contributed by atoms with E-state index in [4.69, 9.17) is 16.0 Å². The van der Waals surface area contributed by atoms with Gasteiger partial charge in [0, 0.05) is 10.6 Å². The van der Waals surface area contributed by atoms with Crippen molar-refractivity contribution >= 4 is 23.5 Å². The van der Waals surface area contributed by atoms with Crippen LogP contribution in [0.25, 0.3) is 11.3 Å². The molecule has 0 bridgehead atoms. The van der Waals surface area contributed by atoms with Gasteiger partial charge >= 0.3 is 6.03 Å². The van der Waals surface area contributed by atoms with Crippen LogP contribution in [0.1, 0.15) is 18.4 Å². The van der Waals surface area contributed by atoms with Crippen molar-refractivity contribution < 1.29 is 14.0 Å². The van der Waals surface area contributed by atoms with Gasteiger partial charge in [-0.3, -0.25) is 9.69 Å². The predicted molar refractivity (Wildman–Crippen MR) is 99.8 cm³/mol. The largest absolute Gasteiger partial charge is 0.439 e. The maximum Gasteiger partial charge on any atom is 0.325 e. The van der Waals surface area contributed by atoms with Crippen LogP contribution in [0.5, 0.6) is 0 Å². The number of imide groups is 1. The van der Waals surface area contributed by atoms with Gasteiger partial charge in [0.05, 0.1) is 6.20 Å². The first-order chi connectivity index (χ1) is 13.0. The fourth-order valence-corrected chi connectivity index (χ4v) is 3.28. The van der Waals surface area contributed by atoms with Crippen LogP contribution >= 0.6 is 11.6 Å². The first-order valence-electron chi connectivity index (χ1n) is 8.38. The number of aromatic nitrogens is 1. The van der Waals surface area contributed by atoms with Crippen LogP contribution in [-0.2, 0) is 16.9 Å². The molecule has 136 valence electrons. The highest BCUT2D eigenvalue weighted by Crippen LogP contribution is 2.31. The predicted octanol–water partition coefficient (Wildman–Crippen LogP) is 3.96. The number of hydrogen-bond acceptors (Lipinski definition) is 4. The molecule has 1 saturated heterocycles. The fraction of sp³-hybridized carbons (Fsp3) is 0.150. The minimum Gasteiger partial charge on any atom is -0.439 e. The highest BCUT2D eigenvalue weighted by Gasteiger charge is 2.49. The molecule has 0 radical (unpaired) electrons. The maximum atomic E-state index is 13.0. The summed E-state index contributed by atoms with van der Waals surface area (Å²) in [6.07, 6.45) is 1.58. The lowest BCUT2D eigenvalue weighted by Gasteiger charge is -2.22. The van der Waals surface area contributed by atoms with Gasteiger partial charge in [-0.2, -0.15) is 0 Å². The van der Waals surface area contributed by atoms with E-state index in [9.17, 15) is 9.59 Å². The number of oxazole rings is 1. The molecule has 1 unspecified atom stereocenters. The quantitative estimate of drug-likeness (QED) is 0.694. The van der Waals surface area contributed by atoms with Gasteiger partial charge in [0.2, 0.25) is 5.89 Å². The van der Waals surface area contributed by atoms with Crippen LogP contribution in [0, 0.1) is 0 Å². The summed E-state index contributed by atoms with van der Waals surface area (Å²) >= 11 is 6.03. The van der Waals surface area contributed by atoms with Crippen molar-refractivity contribution in [3.8, 4) is 11.3 Å². The van der Waals surface area contributed by atoms with Crippen molar-refractivity contribution in [3.63, 3.8) is 0 Å². The molecule has 2 aromatic carbocycles. The van der Waals surface area contributed by atoms with E-state index < -0.39 is 11.6 Å². The fourth-order valence-electron chi connectivity index (χ4n) is 3.09. The Balaban J connectivity index is 1.58. The standard InChI is InChI=1S/C20H16ClN3O3/c1-20(14-8-5-9-15(21)10-14)18(25)24(19(26)23-20)12-17-22-11-16(27-17)13-6-3-2-4-7-13/h2-11H,12H2,1H3,(H,23,26). The van der Waals surface area contributed by atoms with Crippen molar-refractivity contribution in [1.29, 1.82) is 0 Å². The zero-order valence-electron chi connectivity index (χ0n) is 14.5. The van der Waals surface area contributed by atoms with Crippen molar-refractivity contribution in [1.82, 2.24) is 15.2 Å². The van der Waals surface area contributed by atoms with Crippen LogP contribution < -0.4 is 5.32 Å². The second-order valence-corrected chi connectivity index (χ2v) is 6.88. The maximum absolute atomic E-state index is 13.0. The molecule has 1 atom stereocenters. The topological polar surface area (TPSA) is 75.4 Å². The van der Waals surface area contributed by atoms with Crippen LogP contribution in [0.3, 0.4) is 0 Å². The molecule has 0 aliphatic carbocycles. The Morgan fingerprint density at radius 1 is 1.15 bits per heavy atom. The lowest BCUT2D eigenvalue weighted by atomic mass is 9.92. The molecule has 1 N–H and O–H groups in total. The molecule has 7 heteroatoms. The molecule has 0 spiro atoms. The van der Waals surface area contributed by atoms with Gasteiger partial charge < -0.3 is 9.73 Å². The number of nitrogens with zero attached hydrogens (tertiary/aromatic N) is 2. The summed E-state index contributed by atoms with van der Waals surface area (Å²) in [6.45, 7) is 1.61. The summed E-state index contributed by atoms with van der Waals surface area (Å²) in [5.41, 5.74) is 0.307. The Hall–Kier alpha value is -3.12. The smallest absolute Gasteiger partial charge is 0.325 e. The van der Waals surface area contributed by atoms with E-state index in [1.165, 1.54) is 0 Å². The average Bonchev–Trinajstić information content (AvgIpc) is 3.22. The molecule has 1 fully saturated rings. The van der Waals surface area contributed by atoms with E-state index in [0.29, 0.717) is 16.3 Å². The summed E-state index contributed by atoms with van der Waals surface area (Å²) in [4.78, 5) is 30.7. The summed E-state index contributed by atoms with van der Waals surface area (Å²) < 4.78 is 5.72. The molecule has 0 saturated carbocycles. The first-order valence-corrected chi connectivity index (χ1v) is 8.75. The van der Waals surface area contributed by atoms with Crippen molar-refractivity contribution in [2.75, 3.05) is 0 Å². The third-order valence-electron chi connectivity index (χ3n) is 4.58. The summed E-state index contributed by atoms with van der Waals surface area (Å²) in [7, 11) is 0. The molecular formula is C20H16ClN3O3. The van der Waals surface area contributed by atoms with Gasteiger partial charge in [0.15, 0.2) is 5.76 Å². The number of carbonyl (C=O) groups excluding carboxylic acids is 2. The van der Waals surface area contributed by atoms with Crippen LogP contribution in [0.15, 0.2) is 65.2 Å². The molecule has 4 rings (SSSR count). The number of urea groups is 1. The normalized spacial score (nSPS) is 19.4. The van der Waals surface area contributed by atoms with E-state index in [1.807, 2.05) is 30.3 Å². The van der Waals surface area contributed by atoms with Gasteiger partial charge in [-0.1, -0.05) is 54.1 Å². The van der Waals surface area contributed by atoms with Gasteiger partial charge in [0.25, 0.3) is 5.91 Å². The Bertz CT molecular complexity index is 1020. The van der Waals surface area contributed by atoms with Crippen molar-refractivity contribution in [2.45, 2.75) is 19.0 Å². The van der Waals surface area contributed by atoms with E-state index in [0.717, 1.165) is 10.5 Å². The van der Waals surface area contributed by atoms with E-state index in [-0.39, 0.29) is 18.3 Å². The molecule has 3 amide bonds. The van der Waals surface area contributed by atoms with Gasteiger partial charge in [-0.05, 0) is 24.6 Å². The number of amides is 3. The molecule has 27 heavy (non-hydrogen) atoms. The summed E-state index contributed by atoms with van der Waals surface area (Å²) in [5, 5.41) is 3.24. The number of benzene rings is 2. The Kier molecular flexibility index (Phi) is 4.20. The molecule has 6 nitrogen and oxygen atoms in total. The minimum absolute atomic E-state index is 0.0480. The van der Waals surface area contributed by atoms with E-state index in [2.05, 4.69) is 10.3 Å². The molecule has 1 aliphatic rings.